The molecule has 1 aliphatic heterocycles. The Balaban J connectivity index is 2.20. The minimum absolute atomic E-state index is 0.462. The fourth-order valence-corrected chi connectivity index (χ4v) is 1.65. The van der Waals surface area contributed by atoms with Crippen LogP contribution in [-0.2, 0) is 4.74 Å². The molecule has 0 amide bonds. The molecule has 4 N–H and O–H groups in total. The van der Waals surface area contributed by atoms with Crippen molar-refractivity contribution in [3.05, 3.63) is 12.4 Å². The molecule has 1 aromatic rings. The highest BCUT2D eigenvalue weighted by Gasteiger charge is 2.44. The van der Waals surface area contributed by atoms with E-state index in [-0.39, 0.29) is 0 Å². The van der Waals surface area contributed by atoms with Crippen molar-refractivity contribution in [3.63, 3.8) is 0 Å². The van der Waals surface area contributed by atoms with Crippen LogP contribution in [0.25, 0.3) is 0 Å². The predicted molar refractivity (Wildman–Crippen MR) is 49.0 cm³/mol. The van der Waals surface area contributed by atoms with Crippen LogP contribution in [0.2, 0.25) is 0 Å². The predicted octanol–water partition coefficient (Wildman–Crippen LogP) is -2.75. The smallest absolute Gasteiger partial charge is 0.180 e. The van der Waals surface area contributed by atoms with E-state index in [0.29, 0.717) is 0 Å². The van der Waals surface area contributed by atoms with E-state index in [2.05, 4.69) is 10.3 Å². The van der Waals surface area contributed by atoms with Gasteiger partial charge in [-0.1, -0.05) is 5.21 Å². The second kappa shape index (κ2) is 4.44. The lowest BCUT2D eigenvalue weighted by Gasteiger charge is -2.39. The van der Waals surface area contributed by atoms with E-state index in [0.717, 1.165) is 0 Å². The highest BCUT2D eigenvalue weighted by Crippen LogP contribution is 2.27. The minimum atomic E-state index is -1.40. The van der Waals surface area contributed by atoms with Crippen LogP contribution < -0.4 is 0 Å². The Bertz CT molecular complexity index is 330. The van der Waals surface area contributed by atoms with Crippen LogP contribution in [0.15, 0.2) is 12.4 Å². The Labute approximate surface area is 90.7 Å². The average Bonchev–Trinajstić information content (AvgIpc) is 2.80. The van der Waals surface area contributed by atoms with Gasteiger partial charge in [-0.3, -0.25) is 0 Å². The maximum absolute atomic E-state index is 9.69. The summed E-state index contributed by atoms with van der Waals surface area (Å²) in [5, 5.41) is 44.9. The Kier molecular flexibility index (Phi) is 3.17. The monoisotopic (exact) mass is 231 g/mol. The number of nitrogens with zero attached hydrogens (tertiary/aromatic N) is 3. The van der Waals surface area contributed by atoms with Gasteiger partial charge in [0.25, 0.3) is 0 Å². The molecular formula is C8H13N3O5. The largest absolute Gasteiger partial charge is 0.394 e. The normalized spacial score (nSPS) is 39.9. The fraction of sp³-hybridized carbons (Fsp3) is 0.750. The summed E-state index contributed by atoms with van der Waals surface area (Å²) in [6, 6.07) is 0. The van der Waals surface area contributed by atoms with Gasteiger partial charge in [0, 0.05) is 6.20 Å². The lowest BCUT2D eigenvalue weighted by molar-refractivity contribution is -0.254. The Morgan fingerprint density at radius 2 is 1.94 bits per heavy atom. The third-order valence-electron chi connectivity index (χ3n) is 2.57. The first-order chi connectivity index (χ1) is 7.65. The Hall–Kier alpha value is -1.06. The zero-order valence-corrected chi connectivity index (χ0v) is 8.29. The Morgan fingerprint density at radius 3 is 2.50 bits per heavy atom. The van der Waals surface area contributed by atoms with Crippen molar-refractivity contribution in [1.29, 1.82) is 0 Å². The molecule has 0 radical (unpaired) electrons. The van der Waals surface area contributed by atoms with E-state index in [4.69, 9.17) is 9.84 Å². The van der Waals surface area contributed by atoms with Crippen LogP contribution in [0.3, 0.4) is 0 Å². The van der Waals surface area contributed by atoms with E-state index in [1.807, 2.05) is 0 Å². The third-order valence-corrected chi connectivity index (χ3v) is 2.57. The maximum atomic E-state index is 9.69. The molecule has 0 spiro atoms. The summed E-state index contributed by atoms with van der Waals surface area (Å²) in [5.74, 6) is 0. The molecule has 5 atom stereocenters. The first-order valence-electron chi connectivity index (χ1n) is 4.81. The SMILES string of the molecule is OC[C@H]1OC(n2ccnn2)[C@H](O)[C@@H](O)[C@@H]1O. The van der Waals surface area contributed by atoms with Crippen molar-refractivity contribution < 1.29 is 25.2 Å². The van der Waals surface area contributed by atoms with E-state index in [9.17, 15) is 15.3 Å². The zero-order chi connectivity index (χ0) is 11.7. The number of hydrogen-bond acceptors (Lipinski definition) is 7. The van der Waals surface area contributed by atoms with Gasteiger partial charge < -0.3 is 25.2 Å². The zero-order valence-electron chi connectivity index (χ0n) is 8.29. The number of rotatable bonds is 2. The molecule has 0 aliphatic carbocycles. The van der Waals surface area contributed by atoms with E-state index in [1.54, 1.807) is 0 Å². The van der Waals surface area contributed by atoms with Crippen molar-refractivity contribution >= 4 is 0 Å². The number of aliphatic hydroxyl groups is 4. The number of aliphatic hydroxyl groups excluding tert-OH is 4. The number of aromatic nitrogens is 3. The summed E-state index contributed by atoms with van der Waals surface area (Å²) in [7, 11) is 0. The molecule has 2 rings (SSSR count). The van der Waals surface area contributed by atoms with Gasteiger partial charge in [0.2, 0.25) is 0 Å². The molecule has 8 nitrogen and oxygen atoms in total. The highest BCUT2D eigenvalue weighted by molar-refractivity contribution is 4.90. The standard InChI is InChI=1S/C8H13N3O5/c12-3-4-5(13)6(14)7(15)8(16-4)11-2-1-9-10-11/h1-2,4-8,12-15H,3H2/t4-,5-,6+,7-,8?/m1/s1. The molecular weight excluding hydrogens is 218 g/mol. The molecule has 1 aromatic heterocycles. The van der Waals surface area contributed by atoms with E-state index >= 15 is 0 Å². The molecule has 0 saturated carbocycles. The molecule has 1 aliphatic rings. The van der Waals surface area contributed by atoms with Gasteiger partial charge in [-0.05, 0) is 0 Å². The molecule has 1 saturated heterocycles. The van der Waals surface area contributed by atoms with E-state index in [1.165, 1.54) is 17.1 Å². The van der Waals surface area contributed by atoms with Crippen molar-refractivity contribution in [3.8, 4) is 0 Å². The van der Waals surface area contributed by atoms with Crippen LogP contribution in [0.5, 0.6) is 0 Å². The Morgan fingerprint density at radius 1 is 1.19 bits per heavy atom. The lowest BCUT2D eigenvalue weighted by atomic mass is 9.98. The van der Waals surface area contributed by atoms with Gasteiger partial charge in [0.1, 0.15) is 24.4 Å². The first-order valence-corrected chi connectivity index (χ1v) is 4.81. The molecule has 0 bridgehead atoms. The highest BCUT2D eigenvalue weighted by atomic mass is 16.6. The average molecular weight is 231 g/mol. The molecule has 16 heavy (non-hydrogen) atoms. The summed E-state index contributed by atoms with van der Waals surface area (Å²) in [4.78, 5) is 0. The van der Waals surface area contributed by atoms with Gasteiger partial charge >= 0.3 is 0 Å². The summed E-state index contributed by atoms with van der Waals surface area (Å²) in [6.45, 7) is -0.462. The fourth-order valence-electron chi connectivity index (χ4n) is 1.65. The first kappa shape index (κ1) is 11.4. The van der Waals surface area contributed by atoms with Gasteiger partial charge in [0.15, 0.2) is 6.23 Å². The molecule has 1 unspecified atom stereocenters. The van der Waals surface area contributed by atoms with Gasteiger partial charge in [-0.2, -0.15) is 0 Å². The van der Waals surface area contributed by atoms with Crippen LogP contribution in [0, 0.1) is 0 Å². The second-order valence-corrected chi connectivity index (χ2v) is 3.60. The quantitative estimate of drug-likeness (QED) is 0.435. The molecule has 8 heteroatoms. The van der Waals surface area contributed by atoms with Crippen molar-refractivity contribution in [1.82, 2.24) is 15.0 Å². The molecule has 2 heterocycles. The van der Waals surface area contributed by atoms with Crippen LogP contribution in [0.4, 0.5) is 0 Å². The van der Waals surface area contributed by atoms with Crippen LogP contribution in [0.1, 0.15) is 6.23 Å². The van der Waals surface area contributed by atoms with Crippen molar-refractivity contribution in [2.45, 2.75) is 30.6 Å². The van der Waals surface area contributed by atoms with Crippen molar-refractivity contribution in [2.75, 3.05) is 6.61 Å². The second-order valence-electron chi connectivity index (χ2n) is 3.60. The summed E-state index contributed by atoms with van der Waals surface area (Å²) in [6.07, 6.45) is -3.17. The molecule has 90 valence electrons. The number of hydrogen-bond donors (Lipinski definition) is 4. The maximum Gasteiger partial charge on any atom is 0.180 e. The number of ether oxygens (including phenoxy) is 1. The van der Waals surface area contributed by atoms with E-state index < -0.39 is 37.3 Å². The summed E-state index contributed by atoms with van der Waals surface area (Å²) < 4.78 is 6.44. The van der Waals surface area contributed by atoms with Gasteiger partial charge in [0.05, 0.1) is 12.8 Å². The third kappa shape index (κ3) is 1.81. The van der Waals surface area contributed by atoms with Crippen LogP contribution in [-0.4, -0.2) is 66.4 Å². The van der Waals surface area contributed by atoms with Crippen molar-refractivity contribution in [2.24, 2.45) is 0 Å². The summed E-state index contributed by atoms with van der Waals surface area (Å²) >= 11 is 0. The molecule has 1 fully saturated rings. The van der Waals surface area contributed by atoms with Gasteiger partial charge in [-0.15, -0.1) is 5.10 Å². The lowest BCUT2D eigenvalue weighted by Crippen LogP contribution is -2.56. The van der Waals surface area contributed by atoms with Gasteiger partial charge in [-0.25, -0.2) is 4.68 Å². The van der Waals surface area contributed by atoms with Crippen LogP contribution >= 0.6 is 0 Å². The molecule has 0 aromatic carbocycles. The minimum Gasteiger partial charge on any atom is -0.394 e. The topological polar surface area (TPSA) is 121 Å². The summed E-state index contributed by atoms with van der Waals surface area (Å²) in [5.41, 5.74) is 0.